The van der Waals surface area contributed by atoms with Crippen LogP contribution in [0.15, 0.2) is 24.5 Å². The van der Waals surface area contributed by atoms with Crippen molar-refractivity contribution in [2.45, 2.75) is 12.1 Å². The molecule has 1 aromatic rings. The van der Waals surface area contributed by atoms with Gasteiger partial charge in [0.25, 0.3) is 0 Å². The van der Waals surface area contributed by atoms with Gasteiger partial charge in [-0.3, -0.25) is 9.78 Å². The van der Waals surface area contributed by atoms with E-state index in [9.17, 15) is 9.18 Å². The van der Waals surface area contributed by atoms with Crippen LogP contribution in [-0.4, -0.2) is 29.6 Å². The molecule has 1 atom stereocenters. The number of alkyl halides is 1. The molecule has 0 aliphatic carbocycles. The molecular weight excluding hydrogens is 185 g/mol. The first-order valence-electron chi connectivity index (χ1n) is 4.44. The van der Waals surface area contributed by atoms with Crippen LogP contribution in [-0.2, 0) is 4.74 Å². The third-order valence-electron chi connectivity index (χ3n) is 2.30. The molecule has 0 aromatic carbocycles. The van der Waals surface area contributed by atoms with Crippen molar-refractivity contribution in [3.05, 3.63) is 30.1 Å². The van der Waals surface area contributed by atoms with Crippen LogP contribution >= 0.6 is 0 Å². The number of Topliss-reactive ketones (excluding diaryl/α,β-unsaturated/α-hetero) is 1. The summed E-state index contributed by atoms with van der Waals surface area (Å²) in [6, 6.07) is 3.18. The first-order valence-corrected chi connectivity index (χ1v) is 4.44. The SMILES string of the molecule is O=C(c1cccnc1)C1(F)CCOC1. The number of rotatable bonds is 2. The summed E-state index contributed by atoms with van der Waals surface area (Å²) in [5, 5.41) is 0. The minimum atomic E-state index is -1.84. The van der Waals surface area contributed by atoms with E-state index in [2.05, 4.69) is 4.98 Å². The molecule has 1 aromatic heterocycles. The van der Waals surface area contributed by atoms with Crippen LogP contribution in [0.3, 0.4) is 0 Å². The molecule has 1 fully saturated rings. The van der Waals surface area contributed by atoms with Gasteiger partial charge in [-0.05, 0) is 12.1 Å². The normalized spacial score (nSPS) is 26.4. The second-order valence-corrected chi connectivity index (χ2v) is 3.34. The van der Waals surface area contributed by atoms with Gasteiger partial charge in [-0.15, -0.1) is 0 Å². The Hall–Kier alpha value is -1.29. The standard InChI is InChI=1S/C10H10FNO2/c11-10(3-5-14-7-10)9(13)8-2-1-4-12-6-8/h1-2,4,6H,3,5,7H2. The van der Waals surface area contributed by atoms with Gasteiger partial charge in [-0.2, -0.15) is 0 Å². The largest absolute Gasteiger partial charge is 0.377 e. The molecule has 0 bridgehead atoms. The van der Waals surface area contributed by atoms with E-state index in [1.165, 1.54) is 6.20 Å². The van der Waals surface area contributed by atoms with E-state index in [-0.39, 0.29) is 13.0 Å². The van der Waals surface area contributed by atoms with Gasteiger partial charge in [-0.25, -0.2) is 4.39 Å². The zero-order valence-corrected chi connectivity index (χ0v) is 7.57. The number of hydrogen-bond acceptors (Lipinski definition) is 3. The molecule has 1 aliphatic heterocycles. The highest BCUT2D eigenvalue weighted by molar-refractivity contribution is 6.02. The Balaban J connectivity index is 2.24. The van der Waals surface area contributed by atoms with Gasteiger partial charge in [0.1, 0.15) is 0 Å². The predicted molar refractivity (Wildman–Crippen MR) is 47.8 cm³/mol. The monoisotopic (exact) mass is 195 g/mol. The summed E-state index contributed by atoms with van der Waals surface area (Å²) in [5.41, 5.74) is -1.54. The Kier molecular flexibility index (Phi) is 2.29. The van der Waals surface area contributed by atoms with Crippen molar-refractivity contribution < 1.29 is 13.9 Å². The summed E-state index contributed by atoms with van der Waals surface area (Å²) < 4.78 is 18.8. The van der Waals surface area contributed by atoms with Crippen LogP contribution in [0.5, 0.6) is 0 Å². The van der Waals surface area contributed by atoms with Crippen molar-refractivity contribution >= 4 is 5.78 Å². The van der Waals surface area contributed by atoms with E-state index in [1.54, 1.807) is 18.3 Å². The third kappa shape index (κ3) is 1.53. The van der Waals surface area contributed by atoms with Gasteiger partial charge in [0.2, 0.25) is 5.78 Å². The minimum absolute atomic E-state index is 0.138. The van der Waals surface area contributed by atoms with Crippen LogP contribution in [0.2, 0.25) is 0 Å². The Labute approximate surface area is 80.9 Å². The highest BCUT2D eigenvalue weighted by atomic mass is 19.1. The molecule has 0 spiro atoms. The lowest BCUT2D eigenvalue weighted by molar-refractivity contribution is 0.0628. The fourth-order valence-corrected chi connectivity index (χ4v) is 1.47. The zero-order chi connectivity index (χ0) is 10.0. The number of ketones is 1. The van der Waals surface area contributed by atoms with Gasteiger partial charge >= 0.3 is 0 Å². The summed E-state index contributed by atoms with van der Waals surface area (Å²) in [6.07, 6.45) is 3.07. The number of carbonyl (C=O) groups excluding carboxylic acids is 1. The fourth-order valence-electron chi connectivity index (χ4n) is 1.47. The lowest BCUT2D eigenvalue weighted by Crippen LogP contribution is -2.34. The van der Waals surface area contributed by atoms with Crippen LogP contribution in [0.1, 0.15) is 16.8 Å². The highest BCUT2D eigenvalue weighted by Crippen LogP contribution is 2.27. The number of aromatic nitrogens is 1. The van der Waals surface area contributed by atoms with E-state index in [0.717, 1.165) is 0 Å². The molecule has 2 rings (SSSR count). The van der Waals surface area contributed by atoms with Crippen molar-refractivity contribution in [2.24, 2.45) is 0 Å². The summed E-state index contributed by atoms with van der Waals surface area (Å²) >= 11 is 0. The Morgan fingerprint density at radius 1 is 1.64 bits per heavy atom. The quantitative estimate of drug-likeness (QED) is 0.669. The molecule has 0 saturated carbocycles. The maximum atomic E-state index is 13.9. The zero-order valence-electron chi connectivity index (χ0n) is 7.57. The molecule has 1 aliphatic rings. The number of ether oxygens (including phenoxy) is 1. The summed E-state index contributed by atoms with van der Waals surface area (Å²) in [4.78, 5) is 15.5. The van der Waals surface area contributed by atoms with E-state index in [4.69, 9.17) is 4.74 Å². The first-order chi connectivity index (χ1) is 6.72. The highest BCUT2D eigenvalue weighted by Gasteiger charge is 2.42. The van der Waals surface area contributed by atoms with Crippen molar-refractivity contribution in [1.82, 2.24) is 4.98 Å². The first kappa shape index (κ1) is 9.27. The lowest BCUT2D eigenvalue weighted by atomic mass is 9.95. The van der Waals surface area contributed by atoms with Crippen LogP contribution in [0.25, 0.3) is 0 Å². The van der Waals surface area contributed by atoms with Crippen LogP contribution in [0.4, 0.5) is 4.39 Å². The van der Waals surface area contributed by atoms with Gasteiger partial charge in [0.05, 0.1) is 13.2 Å². The second-order valence-electron chi connectivity index (χ2n) is 3.34. The number of halogens is 1. The summed E-state index contributed by atoms with van der Waals surface area (Å²) in [7, 11) is 0. The maximum Gasteiger partial charge on any atom is 0.204 e. The minimum Gasteiger partial charge on any atom is -0.377 e. The van der Waals surface area contributed by atoms with E-state index < -0.39 is 11.5 Å². The van der Waals surface area contributed by atoms with Gasteiger partial charge in [-0.1, -0.05) is 0 Å². The Morgan fingerprint density at radius 3 is 3.07 bits per heavy atom. The average molecular weight is 195 g/mol. The average Bonchev–Trinajstić information content (AvgIpc) is 2.67. The smallest absolute Gasteiger partial charge is 0.204 e. The molecule has 1 saturated heterocycles. The molecule has 2 heterocycles. The van der Waals surface area contributed by atoms with Crippen LogP contribution < -0.4 is 0 Å². The molecule has 14 heavy (non-hydrogen) atoms. The molecule has 74 valence electrons. The fraction of sp³-hybridized carbons (Fsp3) is 0.400. The number of nitrogens with zero attached hydrogens (tertiary/aromatic N) is 1. The Morgan fingerprint density at radius 2 is 2.50 bits per heavy atom. The van der Waals surface area contributed by atoms with Crippen LogP contribution in [0, 0.1) is 0 Å². The number of carbonyl (C=O) groups is 1. The van der Waals surface area contributed by atoms with Gasteiger partial charge in [0, 0.05) is 24.4 Å². The molecule has 1 unspecified atom stereocenters. The van der Waals surface area contributed by atoms with Gasteiger partial charge in [0.15, 0.2) is 5.67 Å². The number of pyridine rings is 1. The molecule has 0 radical (unpaired) electrons. The van der Waals surface area contributed by atoms with E-state index in [0.29, 0.717) is 12.2 Å². The lowest BCUT2D eigenvalue weighted by Gasteiger charge is -2.14. The third-order valence-corrected chi connectivity index (χ3v) is 2.30. The van der Waals surface area contributed by atoms with E-state index >= 15 is 0 Å². The predicted octanol–water partition coefficient (Wildman–Crippen LogP) is 1.39. The van der Waals surface area contributed by atoms with Crippen molar-refractivity contribution in [3.8, 4) is 0 Å². The maximum absolute atomic E-state index is 13.9. The number of hydrogen-bond donors (Lipinski definition) is 0. The topological polar surface area (TPSA) is 39.2 Å². The molecule has 4 heteroatoms. The van der Waals surface area contributed by atoms with Gasteiger partial charge < -0.3 is 4.74 Å². The summed E-state index contributed by atoms with van der Waals surface area (Å²) in [5.74, 6) is -0.525. The summed E-state index contributed by atoms with van der Waals surface area (Å²) in [6.45, 7) is 0.170. The van der Waals surface area contributed by atoms with E-state index in [1.807, 2.05) is 0 Å². The Bertz CT molecular complexity index is 333. The van der Waals surface area contributed by atoms with Crippen molar-refractivity contribution in [1.29, 1.82) is 0 Å². The molecule has 3 nitrogen and oxygen atoms in total. The molecule has 0 amide bonds. The molecule has 0 N–H and O–H groups in total. The van der Waals surface area contributed by atoms with Crippen molar-refractivity contribution in [3.63, 3.8) is 0 Å². The molecular formula is C10H10FNO2. The van der Waals surface area contributed by atoms with Crippen molar-refractivity contribution in [2.75, 3.05) is 13.2 Å². The second kappa shape index (κ2) is 3.46.